The first-order valence-electron chi connectivity index (χ1n) is 11.7. The van der Waals surface area contributed by atoms with Crippen molar-refractivity contribution in [2.45, 2.75) is 50.5 Å². The monoisotopic (exact) mass is 401 g/mol. The van der Waals surface area contributed by atoms with E-state index in [4.69, 9.17) is 4.74 Å². The molecule has 6 rings (SSSR count). The maximum absolute atomic E-state index is 12.1. The summed E-state index contributed by atoms with van der Waals surface area (Å²) in [4.78, 5) is 14.8. The number of likely N-dealkylation sites (tertiary alicyclic amines) is 1. The summed E-state index contributed by atoms with van der Waals surface area (Å²) < 4.78 is 5.28. The van der Waals surface area contributed by atoms with Crippen LogP contribution in [-0.4, -0.2) is 36.6 Å². The van der Waals surface area contributed by atoms with Gasteiger partial charge in [0.2, 0.25) is 0 Å². The van der Waals surface area contributed by atoms with Crippen molar-refractivity contribution in [3.8, 4) is 0 Å². The lowest BCUT2D eigenvalue weighted by Gasteiger charge is -2.33. The van der Waals surface area contributed by atoms with Gasteiger partial charge >= 0.3 is 5.97 Å². The van der Waals surface area contributed by atoms with Gasteiger partial charge in [-0.3, -0.25) is 9.69 Å². The molecule has 4 aliphatic rings. The number of ether oxygens (including phenoxy) is 1. The fourth-order valence-corrected chi connectivity index (χ4v) is 7.02. The third kappa shape index (κ3) is 2.85. The van der Waals surface area contributed by atoms with Gasteiger partial charge in [-0.2, -0.15) is 0 Å². The molecule has 0 bridgehead atoms. The van der Waals surface area contributed by atoms with Crippen molar-refractivity contribution in [3.05, 3.63) is 70.8 Å². The van der Waals surface area contributed by atoms with Gasteiger partial charge in [-0.15, -0.1) is 0 Å². The van der Waals surface area contributed by atoms with Crippen molar-refractivity contribution in [3.63, 3.8) is 0 Å². The molecular weight excluding hydrogens is 370 g/mol. The van der Waals surface area contributed by atoms with Crippen LogP contribution in [-0.2, 0) is 27.8 Å². The van der Waals surface area contributed by atoms with E-state index in [0.29, 0.717) is 24.5 Å². The van der Waals surface area contributed by atoms with Gasteiger partial charge in [-0.1, -0.05) is 48.5 Å². The minimum absolute atomic E-state index is 0.0457. The summed E-state index contributed by atoms with van der Waals surface area (Å²) in [7, 11) is 0. The molecule has 30 heavy (non-hydrogen) atoms. The smallest absolute Gasteiger partial charge is 0.309 e. The Morgan fingerprint density at radius 3 is 2.50 bits per heavy atom. The third-order valence-corrected chi connectivity index (χ3v) is 8.50. The van der Waals surface area contributed by atoms with Crippen LogP contribution < -0.4 is 0 Å². The molecule has 2 saturated carbocycles. The predicted molar refractivity (Wildman–Crippen MR) is 117 cm³/mol. The zero-order chi connectivity index (χ0) is 20.3. The number of piperidine rings is 1. The Labute approximate surface area is 179 Å². The molecule has 2 aromatic rings. The summed E-state index contributed by atoms with van der Waals surface area (Å²) in [6.07, 6.45) is 6.04. The summed E-state index contributed by atoms with van der Waals surface area (Å²) in [6, 6.07) is 18.9. The molecule has 3 nitrogen and oxygen atoms in total. The lowest BCUT2D eigenvalue weighted by atomic mass is 9.73. The van der Waals surface area contributed by atoms with E-state index in [2.05, 4.69) is 53.4 Å². The van der Waals surface area contributed by atoms with Crippen molar-refractivity contribution < 1.29 is 9.53 Å². The maximum Gasteiger partial charge on any atom is 0.309 e. The number of benzene rings is 2. The number of rotatable bonds is 3. The van der Waals surface area contributed by atoms with Crippen LogP contribution in [0.4, 0.5) is 0 Å². The molecule has 3 fully saturated rings. The number of carbonyl (C=O) groups is 1. The second kappa shape index (κ2) is 6.95. The second-order valence-corrected chi connectivity index (χ2v) is 10.0. The highest BCUT2D eigenvalue weighted by atomic mass is 16.5. The SMILES string of the molecule is CCOC(=O)[C@H]1[C@@H]2CN(C3CCC4(Cc5ccccc5Cc5ccccc54)C3)C[C@@H]21. The molecule has 2 unspecified atom stereocenters. The van der Waals surface area contributed by atoms with E-state index in [9.17, 15) is 4.79 Å². The van der Waals surface area contributed by atoms with Crippen molar-refractivity contribution >= 4 is 5.97 Å². The maximum atomic E-state index is 12.1. The topological polar surface area (TPSA) is 29.5 Å². The Kier molecular flexibility index (Phi) is 4.31. The number of hydrogen-bond donors (Lipinski definition) is 0. The van der Waals surface area contributed by atoms with Crippen LogP contribution in [0, 0.1) is 17.8 Å². The molecule has 1 heterocycles. The molecule has 2 aromatic carbocycles. The van der Waals surface area contributed by atoms with Crippen LogP contribution in [0.15, 0.2) is 48.5 Å². The van der Waals surface area contributed by atoms with Gasteiger partial charge in [0.05, 0.1) is 12.5 Å². The van der Waals surface area contributed by atoms with Crippen LogP contribution in [0.3, 0.4) is 0 Å². The van der Waals surface area contributed by atoms with Crippen LogP contribution >= 0.6 is 0 Å². The molecule has 1 saturated heterocycles. The molecule has 3 aliphatic carbocycles. The summed E-state index contributed by atoms with van der Waals surface area (Å²) in [5, 5.41) is 0. The van der Waals surface area contributed by atoms with Crippen molar-refractivity contribution in [2.75, 3.05) is 19.7 Å². The number of hydrogen-bond acceptors (Lipinski definition) is 3. The van der Waals surface area contributed by atoms with E-state index in [1.54, 1.807) is 11.1 Å². The summed E-state index contributed by atoms with van der Waals surface area (Å²) >= 11 is 0. The first kappa shape index (κ1) is 18.6. The first-order chi connectivity index (χ1) is 14.7. The van der Waals surface area contributed by atoms with Crippen LogP contribution in [0.2, 0.25) is 0 Å². The van der Waals surface area contributed by atoms with Crippen LogP contribution in [0.25, 0.3) is 0 Å². The largest absolute Gasteiger partial charge is 0.466 e. The van der Waals surface area contributed by atoms with Crippen LogP contribution in [0.1, 0.15) is 48.4 Å². The van der Waals surface area contributed by atoms with E-state index >= 15 is 0 Å². The number of carbonyl (C=O) groups excluding carboxylic acids is 1. The Morgan fingerprint density at radius 2 is 1.73 bits per heavy atom. The van der Waals surface area contributed by atoms with Gasteiger partial charge in [0, 0.05) is 24.5 Å². The van der Waals surface area contributed by atoms with E-state index < -0.39 is 0 Å². The van der Waals surface area contributed by atoms with Gasteiger partial charge in [0.1, 0.15) is 0 Å². The van der Waals surface area contributed by atoms with E-state index in [-0.39, 0.29) is 17.3 Å². The average Bonchev–Trinajstić information content (AvgIpc) is 3.07. The molecule has 1 spiro atoms. The summed E-state index contributed by atoms with van der Waals surface area (Å²) in [6.45, 7) is 4.59. The lowest BCUT2D eigenvalue weighted by Crippen LogP contribution is -2.37. The average molecular weight is 402 g/mol. The Hall–Kier alpha value is -2.13. The second-order valence-electron chi connectivity index (χ2n) is 10.0. The Balaban J connectivity index is 1.23. The highest BCUT2D eigenvalue weighted by Crippen LogP contribution is 2.55. The van der Waals surface area contributed by atoms with Gasteiger partial charge < -0.3 is 4.74 Å². The molecule has 0 aromatic heterocycles. The van der Waals surface area contributed by atoms with Gasteiger partial charge in [0.25, 0.3) is 0 Å². The predicted octanol–water partition coefficient (Wildman–Crippen LogP) is 4.36. The van der Waals surface area contributed by atoms with E-state index in [1.807, 2.05) is 6.92 Å². The standard InChI is InChI=1S/C27H31NO2/c1-2-30-26(29)25-22-16-28(17-23(22)25)21-11-12-27(15-21)14-20-9-4-3-7-18(20)13-19-8-5-6-10-24(19)27/h3-10,21-23,25H,2,11-17H2,1H3/t21?,22-,23+,25+,27?. The fourth-order valence-electron chi connectivity index (χ4n) is 7.02. The minimum Gasteiger partial charge on any atom is -0.466 e. The lowest BCUT2D eigenvalue weighted by molar-refractivity contribution is -0.145. The Morgan fingerprint density at radius 1 is 1.03 bits per heavy atom. The quantitative estimate of drug-likeness (QED) is 0.716. The summed E-state index contributed by atoms with van der Waals surface area (Å²) in [5.41, 5.74) is 6.43. The van der Waals surface area contributed by atoms with Gasteiger partial charge in [-0.05, 0) is 73.1 Å². The molecule has 3 heteroatoms. The van der Waals surface area contributed by atoms with E-state index in [0.717, 1.165) is 19.5 Å². The first-order valence-corrected chi connectivity index (χ1v) is 11.7. The number of fused-ring (bicyclic) bond motifs is 4. The fraction of sp³-hybridized carbons (Fsp3) is 0.519. The van der Waals surface area contributed by atoms with Crippen LogP contribution in [0.5, 0.6) is 0 Å². The van der Waals surface area contributed by atoms with Gasteiger partial charge in [-0.25, -0.2) is 0 Å². The molecule has 0 N–H and O–H groups in total. The minimum atomic E-state index is 0.0457. The molecule has 156 valence electrons. The Bertz CT molecular complexity index is 972. The van der Waals surface area contributed by atoms with Crippen molar-refractivity contribution in [2.24, 2.45) is 17.8 Å². The van der Waals surface area contributed by atoms with E-state index in [1.165, 1.54) is 36.8 Å². The van der Waals surface area contributed by atoms with Crippen molar-refractivity contribution in [1.82, 2.24) is 4.90 Å². The van der Waals surface area contributed by atoms with Crippen molar-refractivity contribution in [1.29, 1.82) is 0 Å². The zero-order valence-electron chi connectivity index (χ0n) is 17.8. The molecule has 0 amide bonds. The third-order valence-electron chi connectivity index (χ3n) is 8.50. The molecule has 0 radical (unpaired) electrons. The molecular formula is C27H31NO2. The molecule has 5 atom stereocenters. The zero-order valence-corrected chi connectivity index (χ0v) is 17.8. The number of esters is 1. The van der Waals surface area contributed by atoms with Gasteiger partial charge in [0.15, 0.2) is 0 Å². The summed E-state index contributed by atoms with van der Waals surface area (Å²) in [5.74, 6) is 1.32. The highest BCUT2D eigenvalue weighted by molar-refractivity contribution is 5.77. The normalized spacial score (nSPS) is 34.2. The highest BCUT2D eigenvalue weighted by Gasteiger charge is 2.61. The molecule has 1 aliphatic heterocycles. The number of nitrogens with zero attached hydrogens (tertiary/aromatic N) is 1.